The maximum absolute atomic E-state index is 11.9. The highest BCUT2D eigenvalue weighted by atomic mass is 16.4. The molecule has 2 N–H and O–H groups in total. The standard InChI is InChI=1S/C14H24N2O3/c1-3-7-16(10-13(17)18)14(19)15-9-12-6-4-5-11(2)8-12/h3,11-12H,1,4-10H2,2H3,(H,15,19)(H,17,18). The van der Waals surface area contributed by atoms with E-state index in [-0.39, 0.29) is 19.1 Å². The van der Waals surface area contributed by atoms with Crippen LogP contribution in [0.2, 0.25) is 0 Å². The molecule has 2 amide bonds. The number of carboxylic acids is 1. The molecule has 0 heterocycles. The second kappa shape index (κ2) is 7.81. The van der Waals surface area contributed by atoms with Gasteiger partial charge in [0.05, 0.1) is 0 Å². The van der Waals surface area contributed by atoms with Gasteiger partial charge in [0.2, 0.25) is 0 Å². The first-order valence-corrected chi connectivity index (χ1v) is 6.88. The highest BCUT2D eigenvalue weighted by molar-refractivity contribution is 5.80. The van der Waals surface area contributed by atoms with E-state index in [4.69, 9.17) is 5.11 Å². The number of carbonyl (C=O) groups is 2. The number of aliphatic carboxylic acids is 1. The largest absolute Gasteiger partial charge is 0.480 e. The summed E-state index contributed by atoms with van der Waals surface area (Å²) in [7, 11) is 0. The van der Waals surface area contributed by atoms with Crippen molar-refractivity contribution in [1.82, 2.24) is 10.2 Å². The van der Waals surface area contributed by atoms with Crippen molar-refractivity contribution in [1.29, 1.82) is 0 Å². The lowest BCUT2D eigenvalue weighted by molar-refractivity contribution is -0.137. The average Bonchev–Trinajstić information content (AvgIpc) is 2.35. The number of hydrogen-bond donors (Lipinski definition) is 2. The van der Waals surface area contributed by atoms with Crippen molar-refractivity contribution in [3.8, 4) is 0 Å². The molecular weight excluding hydrogens is 244 g/mol. The number of nitrogens with one attached hydrogen (secondary N) is 1. The van der Waals surface area contributed by atoms with Crippen molar-refractivity contribution in [3.05, 3.63) is 12.7 Å². The van der Waals surface area contributed by atoms with Crippen LogP contribution in [0.15, 0.2) is 12.7 Å². The topological polar surface area (TPSA) is 69.6 Å². The van der Waals surface area contributed by atoms with Gasteiger partial charge in [-0.2, -0.15) is 0 Å². The summed E-state index contributed by atoms with van der Waals surface area (Å²) in [6.45, 7) is 6.37. The van der Waals surface area contributed by atoms with Crippen molar-refractivity contribution in [2.24, 2.45) is 11.8 Å². The van der Waals surface area contributed by atoms with Crippen LogP contribution in [0.4, 0.5) is 4.79 Å². The van der Waals surface area contributed by atoms with Gasteiger partial charge in [-0.15, -0.1) is 6.58 Å². The summed E-state index contributed by atoms with van der Waals surface area (Å²) in [6.07, 6.45) is 6.30. The molecule has 0 saturated heterocycles. The second-order valence-corrected chi connectivity index (χ2v) is 5.39. The maximum Gasteiger partial charge on any atom is 0.323 e. The van der Waals surface area contributed by atoms with Crippen LogP contribution in [0, 0.1) is 11.8 Å². The molecule has 5 nitrogen and oxygen atoms in total. The van der Waals surface area contributed by atoms with Crippen molar-refractivity contribution >= 4 is 12.0 Å². The first-order chi connectivity index (χ1) is 9.02. The molecule has 0 aromatic heterocycles. The Hall–Kier alpha value is -1.52. The van der Waals surface area contributed by atoms with Gasteiger partial charge in [0, 0.05) is 13.1 Å². The van der Waals surface area contributed by atoms with Crippen LogP contribution in [0.1, 0.15) is 32.6 Å². The van der Waals surface area contributed by atoms with Crippen LogP contribution in [-0.4, -0.2) is 41.6 Å². The first kappa shape index (κ1) is 15.5. The highest BCUT2D eigenvalue weighted by Crippen LogP contribution is 2.27. The fraction of sp³-hybridized carbons (Fsp3) is 0.714. The smallest absolute Gasteiger partial charge is 0.323 e. The lowest BCUT2D eigenvalue weighted by Gasteiger charge is -2.28. The third-order valence-electron chi connectivity index (χ3n) is 3.55. The van der Waals surface area contributed by atoms with Gasteiger partial charge < -0.3 is 15.3 Å². The molecule has 2 unspecified atom stereocenters. The van der Waals surface area contributed by atoms with Crippen LogP contribution in [0.3, 0.4) is 0 Å². The number of amides is 2. The van der Waals surface area contributed by atoms with Crippen molar-refractivity contribution < 1.29 is 14.7 Å². The van der Waals surface area contributed by atoms with Gasteiger partial charge in [0.15, 0.2) is 0 Å². The molecule has 0 aliphatic heterocycles. The zero-order chi connectivity index (χ0) is 14.3. The van der Waals surface area contributed by atoms with Crippen LogP contribution in [0.25, 0.3) is 0 Å². The molecule has 1 fully saturated rings. The number of urea groups is 1. The molecule has 0 bridgehead atoms. The SMILES string of the molecule is C=CCN(CC(=O)O)C(=O)NCC1CCCC(C)C1. The molecule has 2 atom stereocenters. The Morgan fingerprint density at radius 1 is 1.47 bits per heavy atom. The van der Waals surface area contributed by atoms with Gasteiger partial charge in [-0.25, -0.2) is 4.79 Å². The Balaban J connectivity index is 2.38. The van der Waals surface area contributed by atoms with E-state index in [1.165, 1.54) is 23.8 Å². The van der Waals surface area contributed by atoms with E-state index >= 15 is 0 Å². The number of rotatable bonds is 6. The molecule has 1 aliphatic carbocycles. The lowest BCUT2D eigenvalue weighted by Crippen LogP contribution is -2.44. The van der Waals surface area contributed by atoms with E-state index in [0.29, 0.717) is 12.5 Å². The van der Waals surface area contributed by atoms with E-state index < -0.39 is 5.97 Å². The van der Waals surface area contributed by atoms with Crippen molar-refractivity contribution in [3.63, 3.8) is 0 Å². The molecule has 5 heteroatoms. The summed E-state index contributed by atoms with van der Waals surface area (Å²) < 4.78 is 0. The normalized spacial score (nSPS) is 22.6. The molecule has 19 heavy (non-hydrogen) atoms. The number of carboxylic acid groups (broad SMARTS) is 1. The van der Waals surface area contributed by atoms with E-state index in [1.807, 2.05) is 0 Å². The van der Waals surface area contributed by atoms with Gasteiger partial charge in [0.1, 0.15) is 6.54 Å². The number of nitrogens with zero attached hydrogens (tertiary/aromatic N) is 1. The zero-order valence-electron chi connectivity index (χ0n) is 11.6. The summed E-state index contributed by atoms with van der Waals surface area (Å²) in [5.74, 6) is 0.227. The third-order valence-corrected chi connectivity index (χ3v) is 3.55. The molecule has 0 aromatic rings. The van der Waals surface area contributed by atoms with Crippen LogP contribution in [-0.2, 0) is 4.79 Å². The minimum absolute atomic E-state index is 0.249. The predicted octanol–water partition coefficient (Wildman–Crippen LogP) is 2.09. The van der Waals surface area contributed by atoms with Gasteiger partial charge in [-0.3, -0.25) is 4.79 Å². The molecule has 0 aromatic carbocycles. The monoisotopic (exact) mass is 268 g/mol. The van der Waals surface area contributed by atoms with E-state index in [2.05, 4.69) is 18.8 Å². The Morgan fingerprint density at radius 3 is 2.79 bits per heavy atom. The molecule has 1 aliphatic rings. The number of carbonyl (C=O) groups excluding carboxylic acids is 1. The summed E-state index contributed by atoms with van der Waals surface area (Å²) in [6, 6.07) is -0.319. The highest BCUT2D eigenvalue weighted by Gasteiger charge is 2.21. The minimum atomic E-state index is -1.01. The fourth-order valence-corrected chi connectivity index (χ4v) is 2.63. The van der Waals surface area contributed by atoms with Crippen LogP contribution < -0.4 is 5.32 Å². The molecule has 1 saturated carbocycles. The quantitative estimate of drug-likeness (QED) is 0.725. The summed E-state index contributed by atoms with van der Waals surface area (Å²) >= 11 is 0. The van der Waals surface area contributed by atoms with Crippen molar-refractivity contribution in [2.75, 3.05) is 19.6 Å². The van der Waals surface area contributed by atoms with E-state index in [9.17, 15) is 9.59 Å². The summed E-state index contributed by atoms with van der Waals surface area (Å²) in [5, 5.41) is 11.6. The van der Waals surface area contributed by atoms with Gasteiger partial charge in [-0.05, 0) is 24.7 Å². The molecule has 0 spiro atoms. The number of hydrogen-bond acceptors (Lipinski definition) is 2. The van der Waals surface area contributed by atoms with Crippen LogP contribution in [0.5, 0.6) is 0 Å². The molecule has 108 valence electrons. The van der Waals surface area contributed by atoms with Crippen molar-refractivity contribution in [2.45, 2.75) is 32.6 Å². The molecule has 0 radical (unpaired) electrons. The molecular formula is C14H24N2O3. The lowest BCUT2D eigenvalue weighted by atomic mass is 9.82. The predicted molar refractivity (Wildman–Crippen MR) is 73.9 cm³/mol. The maximum atomic E-state index is 11.9. The minimum Gasteiger partial charge on any atom is -0.480 e. The summed E-state index contributed by atoms with van der Waals surface area (Å²) in [5.41, 5.74) is 0. The van der Waals surface area contributed by atoms with Gasteiger partial charge in [0.25, 0.3) is 0 Å². The Labute approximate surface area is 114 Å². The third kappa shape index (κ3) is 5.77. The Bertz CT molecular complexity index is 331. The molecule has 1 rings (SSSR count). The van der Waals surface area contributed by atoms with Crippen LogP contribution >= 0.6 is 0 Å². The summed E-state index contributed by atoms with van der Waals surface area (Å²) in [4.78, 5) is 23.8. The fourth-order valence-electron chi connectivity index (χ4n) is 2.63. The average molecular weight is 268 g/mol. The van der Waals surface area contributed by atoms with E-state index in [0.717, 1.165) is 18.8 Å². The zero-order valence-corrected chi connectivity index (χ0v) is 11.6. The Morgan fingerprint density at radius 2 is 2.21 bits per heavy atom. The Kier molecular flexibility index (Phi) is 6.39. The first-order valence-electron chi connectivity index (χ1n) is 6.88. The van der Waals surface area contributed by atoms with Gasteiger partial charge in [-0.1, -0.05) is 25.8 Å². The van der Waals surface area contributed by atoms with E-state index in [1.54, 1.807) is 0 Å². The second-order valence-electron chi connectivity index (χ2n) is 5.39. The van der Waals surface area contributed by atoms with Gasteiger partial charge >= 0.3 is 12.0 Å².